The maximum atomic E-state index is 12.4. The van der Waals surface area contributed by atoms with Gasteiger partial charge in [0.05, 0.1) is 6.42 Å². The Bertz CT molecular complexity index is 474. The third-order valence-electron chi connectivity index (χ3n) is 4.21. The summed E-state index contributed by atoms with van der Waals surface area (Å²) in [4.78, 5) is 21.0. The summed E-state index contributed by atoms with van der Waals surface area (Å²) >= 11 is 3.83. The first-order chi connectivity index (χ1) is 10.8. The van der Waals surface area contributed by atoms with Gasteiger partial charge in [0.2, 0.25) is 0 Å². The highest BCUT2D eigenvalue weighted by Crippen LogP contribution is 2.37. The summed E-state index contributed by atoms with van der Waals surface area (Å²) in [5.41, 5.74) is 0. The van der Waals surface area contributed by atoms with Gasteiger partial charge in [0.1, 0.15) is 0 Å². The highest BCUT2D eigenvalue weighted by atomic mass is 32.2. The number of thioether (sulfide) groups is 2. The molecule has 2 atom stereocenters. The van der Waals surface area contributed by atoms with E-state index >= 15 is 0 Å². The van der Waals surface area contributed by atoms with Crippen LogP contribution in [0.5, 0.6) is 0 Å². The molecule has 0 amide bonds. The summed E-state index contributed by atoms with van der Waals surface area (Å²) in [6.07, 6.45) is 8.32. The number of aromatic nitrogens is 2. The number of hydrogen-bond donors (Lipinski definition) is 0. The first-order valence-electron chi connectivity index (χ1n) is 7.98. The predicted octanol–water partition coefficient (Wildman–Crippen LogP) is 3.49. The van der Waals surface area contributed by atoms with Crippen molar-refractivity contribution in [3.05, 3.63) is 24.3 Å². The highest BCUT2D eigenvalue weighted by molar-refractivity contribution is 8.06. The molecule has 1 saturated heterocycles. The average Bonchev–Trinajstić information content (AvgIpc) is 3.08. The number of carbonyl (C=O) groups excluding carboxylic acids is 1. The zero-order valence-corrected chi connectivity index (χ0v) is 14.3. The van der Waals surface area contributed by atoms with Crippen molar-refractivity contribution in [1.29, 1.82) is 0 Å². The molecule has 1 aliphatic heterocycles. The van der Waals surface area contributed by atoms with E-state index in [2.05, 4.69) is 9.97 Å². The summed E-state index contributed by atoms with van der Waals surface area (Å²) in [5.74, 6) is 4.32. The minimum absolute atomic E-state index is 0.0932. The van der Waals surface area contributed by atoms with Gasteiger partial charge in [0.25, 0.3) is 0 Å². The van der Waals surface area contributed by atoms with E-state index in [9.17, 15) is 4.79 Å². The molecule has 120 valence electrons. The van der Waals surface area contributed by atoms with Gasteiger partial charge >= 0.3 is 5.97 Å². The van der Waals surface area contributed by atoms with Crippen LogP contribution in [0, 0.1) is 5.92 Å². The summed E-state index contributed by atoms with van der Waals surface area (Å²) in [5, 5.41) is 0.396. The van der Waals surface area contributed by atoms with Crippen molar-refractivity contribution in [3.8, 4) is 0 Å². The third-order valence-corrected chi connectivity index (χ3v) is 7.05. The van der Waals surface area contributed by atoms with Crippen molar-refractivity contribution < 1.29 is 9.53 Å². The lowest BCUT2D eigenvalue weighted by molar-refractivity contribution is -0.152. The van der Waals surface area contributed by atoms with E-state index in [-0.39, 0.29) is 12.1 Å². The molecule has 6 heteroatoms. The van der Waals surface area contributed by atoms with Crippen molar-refractivity contribution >= 4 is 29.5 Å². The van der Waals surface area contributed by atoms with Crippen LogP contribution in [0.4, 0.5) is 0 Å². The Morgan fingerprint density at radius 1 is 1.27 bits per heavy atom. The average molecular weight is 338 g/mol. The van der Waals surface area contributed by atoms with E-state index < -0.39 is 0 Å². The second-order valence-corrected chi connectivity index (χ2v) is 8.39. The fourth-order valence-electron chi connectivity index (χ4n) is 3.11. The lowest BCUT2D eigenvalue weighted by Crippen LogP contribution is -2.24. The van der Waals surface area contributed by atoms with Gasteiger partial charge in [0.15, 0.2) is 11.9 Å². The molecule has 1 saturated carbocycles. The van der Waals surface area contributed by atoms with E-state index in [1.807, 2.05) is 23.5 Å². The molecule has 0 unspecified atom stereocenters. The molecule has 1 aromatic rings. The number of esters is 1. The fraction of sp³-hybridized carbons (Fsp3) is 0.688. The molecule has 0 N–H and O–H groups in total. The summed E-state index contributed by atoms with van der Waals surface area (Å²) < 4.78 is 5.84. The summed E-state index contributed by atoms with van der Waals surface area (Å²) in [6, 6.07) is 1.80. The Balaban J connectivity index is 1.63. The molecule has 3 rings (SSSR count). The highest BCUT2D eigenvalue weighted by Gasteiger charge is 2.32. The molecule has 0 radical (unpaired) electrons. The normalized spacial score (nSPS) is 24.1. The van der Waals surface area contributed by atoms with E-state index in [4.69, 9.17) is 4.74 Å². The van der Waals surface area contributed by atoms with Crippen molar-refractivity contribution in [3.63, 3.8) is 0 Å². The van der Waals surface area contributed by atoms with E-state index in [0.29, 0.717) is 23.4 Å². The minimum atomic E-state index is -0.266. The van der Waals surface area contributed by atoms with Crippen LogP contribution in [0.25, 0.3) is 0 Å². The lowest BCUT2D eigenvalue weighted by Gasteiger charge is -2.24. The molecule has 0 spiro atoms. The van der Waals surface area contributed by atoms with Crippen LogP contribution >= 0.6 is 23.5 Å². The zero-order chi connectivity index (χ0) is 15.2. The van der Waals surface area contributed by atoms with Crippen molar-refractivity contribution in [1.82, 2.24) is 9.97 Å². The molecular formula is C16H22N2O2S2. The van der Waals surface area contributed by atoms with E-state index in [0.717, 1.165) is 24.3 Å². The zero-order valence-electron chi connectivity index (χ0n) is 12.6. The lowest BCUT2D eigenvalue weighted by atomic mass is 10.00. The summed E-state index contributed by atoms with van der Waals surface area (Å²) in [7, 11) is 0. The van der Waals surface area contributed by atoms with Gasteiger partial charge in [0, 0.05) is 40.8 Å². The Labute approximate surface area is 140 Å². The second-order valence-electron chi connectivity index (χ2n) is 5.83. The Morgan fingerprint density at radius 3 is 2.73 bits per heavy atom. The topological polar surface area (TPSA) is 52.1 Å². The van der Waals surface area contributed by atoms with Crippen molar-refractivity contribution in [2.24, 2.45) is 5.92 Å². The molecular weight excluding hydrogens is 316 g/mol. The van der Waals surface area contributed by atoms with Gasteiger partial charge in [-0.1, -0.05) is 12.8 Å². The van der Waals surface area contributed by atoms with Crippen LogP contribution in [-0.4, -0.2) is 38.4 Å². The van der Waals surface area contributed by atoms with Gasteiger partial charge in [-0.05, 0) is 18.9 Å². The first kappa shape index (κ1) is 16.1. The number of hydrogen-bond acceptors (Lipinski definition) is 6. The van der Waals surface area contributed by atoms with Crippen LogP contribution in [0.15, 0.2) is 18.5 Å². The molecule has 1 aromatic heterocycles. The van der Waals surface area contributed by atoms with Crippen molar-refractivity contribution in [2.75, 3.05) is 17.3 Å². The molecule has 0 bridgehead atoms. The number of rotatable bonds is 5. The van der Waals surface area contributed by atoms with Gasteiger partial charge < -0.3 is 4.74 Å². The predicted molar refractivity (Wildman–Crippen MR) is 91.0 cm³/mol. The van der Waals surface area contributed by atoms with Crippen LogP contribution in [0.1, 0.15) is 44.0 Å². The first-order valence-corrected chi connectivity index (χ1v) is 10.2. The van der Waals surface area contributed by atoms with E-state index in [1.165, 1.54) is 18.6 Å². The largest absolute Gasteiger partial charge is 0.454 e. The molecule has 22 heavy (non-hydrogen) atoms. The maximum absolute atomic E-state index is 12.4. The standard InChI is InChI=1S/C16H22N2O2S2/c19-14(10-13-11-21-8-9-22-13)20-15(12-4-1-2-5-12)16-17-6-3-7-18-16/h3,6-7,12-13,15H,1-2,4-5,8-11H2/t13-,15-/m0/s1. The van der Waals surface area contributed by atoms with Crippen LogP contribution in [0.2, 0.25) is 0 Å². The van der Waals surface area contributed by atoms with Crippen LogP contribution in [-0.2, 0) is 9.53 Å². The SMILES string of the molecule is O=C(C[C@H]1CSCCS1)O[C@H](c1ncccn1)C1CCCC1. The Kier molecular flexibility index (Phi) is 6.01. The van der Waals surface area contributed by atoms with Crippen LogP contribution < -0.4 is 0 Å². The second kappa shape index (κ2) is 8.20. The Morgan fingerprint density at radius 2 is 2.05 bits per heavy atom. The third kappa shape index (κ3) is 4.38. The summed E-state index contributed by atoms with van der Waals surface area (Å²) in [6.45, 7) is 0. The Hall–Kier alpha value is -0.750. The van der Waals surface area contributed by atoms with Crippen molar-refractivity contribution in [2.45, 2.75) is 43.5 Å². The molecule has 1 aliphatic carbocycles. The quantitative estimate of drug-likeness (QED) is 0.766. The molecule has 2 aliphatic rings. The fourth-order valence-corrected chi connectivity index (χ4v) is 5.77. The number of ether oxygens (including phenoxy) is 1. The number of nitrogens with zero attached hydrogens (tertiary/aromatic N) is 2. The van der Waals surface area contributed by atoms with Gasteiger partial charge in [-0.2, -0.15) is 23.5 Å². The monoisotopic (exact) mass is 338 g/mol. The number of carbonyl (C=O) groups is 1. The van der Waals surface area contributed by atoms with Crippen LogP contribution in [0.3, 0.4) is 0 Å². The van der Waals surface area contributed by atoms with Gasteiger partial charge in [-0.3, -0.25) is 4.79 Å². The molecule has 2 heterocycles. The maximum Gasteiger partial charge on any atom is 0.307 e. The molecule has 2 fully saturated rings. The smallest absolute Gasteiger partial charge is 0.307 e. The van der Waals surface area contributed by atoms with Gasteiger partial charge in [-0.15, -0.1) is 0 Å². The van der Waals surface area contributed by atoms with Gasteiger partial charge in [-0.25, -0.2) is 9.97 Å². The minimum Gasteiger partial charge on any atom is -0.454 e. The van der Waals surface area contributed by atoms with E-state index in [1.54, 1.807) is 18.5 Å². The molecule has 4 nitrogen and oxygen atoms in total. The molecule has 0 aromatic carbocycles.